The van der Waals surface area contributed by atoms with Crippen molar-refractivity contribution in [3.05, 3.63) is 62.5 Å². The standard InChI is InChI=1S/C21H26N2O6S2/c1-13-17(20(24)28-8-10-30-3)19(15-6-5-7-16(12-15)23(26)27)18(14(2)22-13)21(25)29-9-11-31-4/h5-7,12,19,22H,8-11H2,1-4H3. The first-order valence-electron chi connectivity index (χ1n) is 9.56. The van der Waals surface area contributed by atoms with Gasteiger partial charge < -0.3 is 14.8 Å². The lowest BCUT2D eigenvalue weighted by Gasteiger charge is -2.30. The lowest BCUT2D eigenvalue weighted by molar-refractivity contribution is -0.384. The predicted octanol–water partition coefficient (Wildman–Crippen LogP) is 3.64. The summed E-state index contributed by atoms with van der Waals surface area (Å²) in [5.74, 6) is -0.726. The molecule has 10 heteroatoms. The van der Waals surface area contributed by atoms with Crippen LogP contribution in [0.1, 0.15) is 25.3 Å². The maximum Gasteiger partial charge on any atom is 0.336 e. The second-order valence-corrected chi connectivity index (χ2v) is 8.72. The average molecular weight is 467 g/mol. The maximum absolute atomic E-state index is 13.0. The molecule has 0 saturated carbocycles. The van der Waals surface area contributed by atoms with E-state index in [1.165, 1.54) is 18.2 Å². The number of hydrogen-bond acceptors (Lipinski definition) is 9. The lowest BCUT2D eigenvalue weighted by atomic mass is 9.80. The Hall–Kier alpha value is -2.46. The third-order valence-corrected chi connectivity index (χ3v) is 5.81. The summed E-state index contributed by atoms with van der Waals surface area (Å²) in [7, 11) is 0. The maximum atomic E-state index is 13.0. The summed E-state index contributed by atoms with van der Waals surface area (Å²) >= 11 is 3.08. The molecule has 0 saturated heterocycles. The molecule has 1 aromatic carbocycles. The summed E-state index contributed by atoms with van der Waals surface area (Å²) in [6, 6.07) is 5.94. The van der Waals surface area contributed by atoms with Gasteiger partial charge in [-0.25, -0.2) is 9.59 Å². The number of carbonyl (C=O) groups excluding carboxylic acids is 2. The minimum atomic E-state index is -0.843. The molecule has 1 aliphatic heterocycles. The first-order chi connectivity index (χ1) is 14.8. The number of nitrogens with one attached hydrogen (secondary N) is 1. The number of nitrogens with zero attached hydrogens (tertiary/aromatic N) is 1. The van der Waals surface area contributed by atoms with E-state index < -0.39 is 22.8 Å². The SMILES string of the molecule is CSCCOC(=O)C1=C(C)NC(C)=C(C(=O)OCCSC)C1c1cccc([N+](=O)[O-])c1. The van der Waals surface area contributed by atoms with Gasteiger partial charge in [-0.1, -0.05) is 12.1 Å². The van der Waals surface area contributed by atoms with E-state index in [-0.39, 0.29) is 30.0 Å². The Kier molecular flexibility index (Phi) is 9.44. The zero-order valence-electron chi connectivity index (χ0n) is 17.9. The van der Waals surface area contributed by atoms with Gasteiger partial charge in [-0.05, 0) is 31.9 Å². The van der Waals surface area contributed by atoms with Gasteiger partial charge in [-0.2, -0.15) is 23.5 Å². The molecule has 8 nitrogen and oxygen atoms in total. The highest BCUT2D eigenvalue weighted by molar-refractivity contribution is 7.98. The van der Waals surface area contributed by atoms with E-state index in [0.29, 0.717) is 28.5 Å². The molecular formula is C21H26N2O6S2. The second kappa shape index (κ2) is 11.8. The molecule has 0 fully saturated rings. The molecule has 31 heavy (non-hydrogen) atoms. The van der Waals surface area contributed by atoms with E-state index >= 15 is 0 Å². The van der Waals surface area contributed by atoms with E-state index in [9.17, 15) is 19.7 Å². The van der Waals surface area contributed by atoms with Crippen LogP contribution in [0.15, 0.2) is 46.8 Å². The predicted molar refractivity (Wildman–Crippen MR) is 123 cm³/mol. The number of benzene rings is 1. The summed E-state index contributed by atoms with van der Waals surface area (Å²) in [6.07, 6.45) is 3.81. The van der Waals surface area contributed by atoms with E-state index in [0.717, 1.165) is 0 Å². The highest BCUT2D eigenvalue weighted by atomic mass is 32.2. The van der Waals surface area contributed by atoms with E-state index in [1.54, 1.807) is 43.4 Å². The van der Waals surface area contributed by atoms with Gasteiger partial charge in [0.15, 0.2) is 0 Å². The van der Waals surface area contributed by atoms with Gasteiger partial charge in [-0.15, -0.1) is 0 Å². The molecule has 0 spiro atoms. The fourth-order valence-corrected chi connectivity index (χ4v) is 3.78. The Labute approximate surface area is 190 Å². The molecule has 0 aliphatic carbocycles. The molecule has 0 radical (unpaired) electrons. The van der Waals surface area contributed by atoms with Gasteiger partial charge in [-0.3, -0.25) is 10.1 Å². The van der Waals surface area contributed by atoms with Gasteiger partial charge in [0.05, 0.1) is 22.0 Å². The Morgan fingerprint density at radius 3 is 2.00 bits per heavy atom. The smallest absolute Gasteiger partial charge is 0.336 e. The van der Waals surface area contributed by atoms with E-state index in [4.69, 9.17) is 9.47 Å². The Morgan fingerprint density at radius 2 is 1.55 bits per heavy atom. The number of dihydropyridines is 1. The van der Waals surface area contributed by atoms with Crippen LogP contribution in [0.4, 0.5) is 5.69 Å². The quantitative estimate of drug-likeness (QED) is 0.239. The van der Waals surface area contributed by atoms with Crippen molar-refractivity contribution in [1.82, 2.24) is 5.32 Å². The van der Waals surface area contributed by atoms with Gasteiger partial charge in [0, 0.05) is 35.0 Å². The van der Waals surface area contributed by atoms with Crippen molar-refractivity contribution < 1.29 is 24.0 Å². The summed E-state index contributed by atoms with van der Waals surface area (Å²) in [6.45, 7) is 3.87. The van der Waals surface area contributed by atoms with Crippen LogP contribution in [0.3, 0.4) is 0 Å². The number of non-ortho nitro benzene ring substituents is 1. The highest BCUT2D eigenvalue weighted by Gasteiger charge is 2.38. The van der Waals surface area contributed by atoms with Crippen molar-refractivity contribution in [2.24, 2.45) is 0 Å². The number of ether oxygens (including phenoxy) is 2. The fraction of sp³-hybridized carbons (Fsp3) is 0.429. The lowest BCUT2D eigenvalue weighted by Crippen LogP contribution is -2.33. The fourth-order valence-electron chi connectivity index (χ4n) is 3.28. The normalized spacial score (nSPS) is 14.3. The zero-order valence-corrected chi connectivity index (χ0v) is 19.6. The monoisotopic (exact) mass is 466 g/mol. The first kappa shape index (κ1) is 24.8. The topological polar surface area (TPSA) is 108 Å². The Bertz CT molecular complexity index is 869. The van der Waals surface area contributed by atoms with Gasteiger partial charge >= 0.3 is 11.9 Å². The number of thioether (sulfide) groups is 2. The highest BCUT2D eigenvalue weighted by Crippen LogP contribution is 2.40. The molecule has 0 aromatic heterocycles. The number of nitro benzene ring substituents is 1. The molecule has 1 aliphatic rings. The van der Waals surface area contributed by atoms with Crippen LogP contribution < -0.4 is 5.32 Å². The van der Waals surface area contributed by atoms with Crippen LogP contribution in [0.25, 0.3) is 0 Å². The van der Waals surface area contributed by atoms with E-state index in [1.807, 2.05) is 12.5 Å². The first-order valence-corrected chi connectivity index (χ1v) is 12.4. The van der Waals surface area contributed by atoms with Crippen molar-refractivity contribution in [2.75, 3.05) is 37.2 Å². The summed E-state index contributed by atoms with van der Waals surface area (Å²) in [4.78, 5) is 36.8. The van der Waals surface area contributed by atoms with Crippen LogP contribution in [-0.4, -0.2) is 54.1 Å². The summed E-state index contributed by atoms with van der Waals surface area (Å²) in [5.41, 5.74) is 1.86. The summed E-state index contributed by atoms with van der Waals surface area (Å²) in [5, 5.41) is 14.4. The minimum Gasteiger partial charge on any atom is -0.461 e. The largest absolute Gasteiger partial charge is 0.461 e. The van der Waals surface area contributed by atoms with Crippen LogP contribution in [0.5, 0.6) is 0 Å². The molecule has 1 heterocycles. The van der Waals surface area contributed by atoms with Crippen molar-refractivity contribution in [3.8, 4) is 0 Å². The Morgan fingerprint density at radius 1 is 1.03 bits per heavy atom. The van der Waals surface area contributed by atoms with Crippen molar-refractivity contribution >= 4 is 41.1 Å². The number of esters is 2. The van der Waals surface area contributed by atoms with Crippen molar-refractivity contribution in [3.63, 3.8) is 0 Å². The number of hydrogen-bond donors (Lipinski definition) is 1. The third kappa shape index (κ3) is 6.27. The molecular weight excluding hydrogens is 440 g/mol. The average Bonchev–Trinajstić information content (AvgIpc) is 2.73. The Balaban J connectivity index is 2.54. The van der Waals surface area contributed by atoms with Crippen LogP contribution in [-0.2, 0) is 19.1 Å². The number of nitro groups is 1. The third-order valence-electron chi connectivity index (χ3n) is 4.66. The van der Waals surface area contributed by atoms with Gasteiger partial charge in [0.1, 0.15) is 13.2 Å². The van der Waals surface area contributed by atoms with Crippen molar-refractivity contribution in [2.45, 2.75) is 19.8 Å². The molecule has 0 amide bonds. The molecule has 2 rings (SSSR count). The molecule has 0 unspecified atom stereocenters. The number of allylic oxidation sites excluding steroid dienone is 2. The van der Waals surface area contributed by atoms with Crippen LogP contribution >= 0.6 is 23.5 Å². The number of rotatable bonds is 10. The summed E-state index contributed by atoms with van der Waals surface area (Å²) < 4.78 is 10.8. The molecule has 1 N–H and O–H groups in total. The second-order valence-electron chi connectivity index (χ2n) is 6.74. The van der Waals surface area contributed by atoms with E-state index in [2.05, 4.69) is 5.32 Å². The van der Waals surface area contributed by atoms with Gasteiger partial charge in [0.25, 0.3) is 5.69 Å². The van der Waals surface area contributed by atoms with Gasteiger partial charge in [0.2, 0.25) is 0 Å². The molecule has 0 bridgehead atoms. The van der Waals surface area contributed by atoms with Crippen LogP contribution in [0, 0.1) is 10.1 Å². The zero-order chi connectivity index (χ0) is 23.0. The molecule has 1 aromatic rings. The minimum absolute atomic E-state index is 0.128. The van der Waals surface area contributed by atoms with Crippen molar-refractivity contribution in [1.29, 1.82) is 0 Å². The number of carbonyl (C=O) groups is 2. The van der Waals surface area contributed by atoms with Crippen LogP contribution in [0.2, 0.25) is 0 Å². The molecule has 0 atom stereocenters. The molecule has 168 valence electrons.